The van der Waals surface area contributed by atoms with Crippen LogP contribution in [0.15, 0.2) is 29.2 Å². The molecular weight excluding hydrogens is 294 g/mol. The van der Waals surface area contributed by atoms with E-state index in [1.165, 1.54) is 24.0 Å². The number of methoxy groups -OCH3 is 1. The van der Waals surface area contributed by atoms with E-state index in [2.05, 4.69) is 29.2 Å². The van der Waals surface area contributed by atoms with Crippen molar-refractivity contribution >= 4 is 29.1 Å². The summed E-state index contributed by atoms with van der Waals surface area (Å²) in [6, 6.07) is 8.23. The standard InChI is InChI=1S/C14H15NO3S2/c1-9-3-5-10(6-4-9)19-8-12-15-11(7-18-2)13(20-12)14(16)17/h3-6H,7-8H2,1-2H3,(H,16,17). The van der Waals surface area contributed by atoms with Crippen LogP contribution in [0.3, 0.4) is 0 Å². The maximum Gasteiger partial charge on any atom is 0.347 e. The first-order valence-corrected chi connectivity index (χ1v) is 7.80. The highest BCUT2D eigenvalue weighted by atomic mass is 32.2. The molecule has 0 fully saturated rings. The van der Waals surface area contributed by atoms with E-state index in [-0.39, 0.29) is 11.5 Å². The Balaban J connectivity index is 2.07. The summed E-state index contributed by atoms with van der Waals surface area (Å²) in [7, 11) is 1.53. The number of benzene rings is 1. The lowest BCUT2D eigenvalue weighted by atomic mass is 10.2. The molecule has 0 amide bonds. The van der Waals surface area contributed by atoms with E-state index in [1.54, 1.807) is 11.8 Å². The first-order chi connectivity index (χ1) is 9.60. The lowest BCUT2D eigenvalue weighted by Gasteiger charge is -1.99. The molecule has 0 spiro atoms. The van der Waals surface area contributed by atoms with Gasteiger partial charge in [0.25, 0.3) is 0 Å². The van der Waals surface area contributed by atoms with Gasteiger partial charge in [-0.1, -0.05) is 17.7 Å². The van der Waals surface area contributed by atoms with Crippen LogP contribution in [0.2, 0.25) is 0 Å². The second-order valence-electron chi connectivity index (χ2n) is 4.22. The summed E-state index contributed by atoms with van der Waals surface area (Å²) < 4.78 is 4.98. The van der Waals surface area contributed by atoms with E-state index in [0.29, 0.717) is 11.4 Å². The Morgan fingerprint density at radius 1 is 1.40 bits per heavy atom. The summed E-state index contributed by atoms with van der Waals surface area (Å²) in [4.78, 5) is 16.9. The lowest BCUT2D eigenvalue weighted by molar-refractivity contribution is 0.0697. The van der Waals surface area contributed by atoms with Crippen molar-refractivity contribution in [2.75, 3.05) is 7.11 Å². The molecule has 6 heteroatoms. The minimum Gasteiger partial charge on any atom is -0.477 e. The molecule has 0 unspecified atom stereocenters. The van der Waals surface area contributed by atoms with Crippen LogP contribution in [0.1, 0.15) is 25.9 Å². The highest BCUT2D eigenvalue weighted by molar-refractivity contribution is 7.98. The molecule has 0 bridgehead atoms. The Labute approximate surface area is 125 Å². The van der Waals surface area contributed by atoms with Crippen LogP contribution in [-0.4, -0.2) is 23.2 Å². The van der Waals surface area contributed by atoms with Gasteiger partial charge < -0.3 is 9.84 Å². The SMILES string of the molecule is COCc1nc(CSc2ccc(C)cc2)sc1C(=O)O. The third kappa shape index (κ3) is 3.82. The average molecular weight is 309 g/mol. The molecule has 4 nitrogen and oxygen atoms in total. The molecule has 0 aliphatic rings. The summed E-state index contributed by atoms with van der Waals surface area (Å²) in [6.07, 6.45) is 0. The van der Waals surface area contributed by atoms with Gasteiger partial charge in [-0.05, 0) is 19.1 Å². The molecule has 0 saturated heterocycles. The Morgan fingerprint density at radius 3 is 2.70 bits per heavy atom. The molecule has 1 heterocycles. The van der Waals surface area contributed by atoms with Crippen LogP contribution >= 0.6 is 23.1 Å². The van der Waals surface area contributed by atoms with Gasteiger partial charge in [-0.3, -0.25) is 0 Å². The molecular formula is C14H15NO3S2. The number of nitrogens with zero attached hydrogens (tertiary/aromatic N) is 1. The van der Waals surface area contributed by atoms with Gasteiger partial charge in [-0.25, -0.2) is 9.78 Å². The number of carboxylic acid groups (broad SMARTS) is 1. The largest absolute Gasteiger partial charge is 0.477 e. The number of aromatic carboxylic acids is 1. The molecule has 1 aromatic carbocycles. The second-order valence-corrected chi connectivity index (χ2v) is 6.36. The first kappa shape index (κ1) is 15.0. The molecule has 2 rings (SSSR count). The smallest absolute Gasteiger partial charge is 0.347 e. The molecule has 0 aliphatic heterocycles. The number of aryl methyl sites for hydroxylation is 1. The van der Waals surface area contributed by atoms with Crippen molar-refractivity contribution in [1.29, 1.82) is 0 Å². The molecule has 1 N–H and O–H groups in total. The topological polar surface area (TPSA) is 59.4 Å². The molecule has 1 aromatic heterocycles. The monoisotopic (exact) mass is 309 g/mol. The summed E-state index contributed by atoms with van der Waals surface area (Å²) >= 11 is 2.87. The number of thioether (sulfide) groups is 1. The van der Waals surface area contributed by atoms with Gasteiger partial charge >= 0.3 is 5.97 Å². The van der Waals surface area contributed by atoms with Crippen LogP contribution in [0.25, 0.3) is 0 Å². The summed E-state index contributed by atoms with van der Waals surface area (Å²) in [5, 5.41) is 9.94. The molecule has 0 saturated carbocycles. The zero-order valence-corrected chi connectivity index (χ0v) is 12.9. The average Bonchev–Trinajstić information content (AvgIpc) is 2.82. The number of aromatic nitrogens is 1. The van der Waals surface area contributed by atoms with E-state index in [4.69, 9.17) is 9.84 Å². The number of hydrogen-bond acceptors (Lipinski definition) is 5. The highest BCUT2D eigenvalue weighted by Crippen LogP contribution is 2.27. The Hall–Kier alpha value is -1.37. The number of rotatable bonds is 6. The molecule has 106 valence electrons. The summed E-state index contributed by atoms with van der Waals surface area (Å²) in [6.45, 7) is 2.28. The van der Waals surface area contributed by atoms with Crippen molar-refractivity contribution in [3.8, 4) is 0 Å². The molecule has 2 aromatic rings. The fourth-order valence-corrected chi connectivity index (χ4v) is 3.44. The molecule has 0 radical (unpaired) electrons. The normalized spacial score (nSPS) is 10.7. The van der Waals surface area contributed by atoms with Gasteiger partial charge in [-0.2, -0.15) is 0 Å². The Bertz CT molecular complexity index is 593. The number of thiazole rings is 1. The predicted octanol–water partition coefficient (Wildman–Crippen LogP) is 3.59. The van der Waals surface area contributed by atoms with Crippen molar-refractivity contribution in [3.63, 3.8) is 0 Å². The van der Waals surface area contributed by atoms with E-state index < -0.39 is 5.97 Å². The van der Waals surface area contributed by atoms with E-state index in [0.717, 1.165) is 9.90 Å². The third-order valence-corrected chi connectivity index (χ3v) is 4.89. The lowest BCUT2D eigenvalue weighted by Crippen LogP contribution is -1.99. The maximum atomic E-state index is 11.1. The fraction of sp³-hybridized carbons (Fsp3) is 0.286. The van der Waals surface area contributed by atoms with Crippen molar-refractivity contribution in [1.82, 2.24) is 4.98 Å². The van der Waals surface area contributed by atoms with Gasteiger partial charge in [0.2, 0.25) is 0 Å². The van der Waals surface area contributed by atoms with Gasteiger partial charge in [0, 0.05) is 12.0 Å². The number of carboxylic acids is 1. The van der Waals surface area contributed by atoms with E-state index in [9.17, 15) is 4.79 Å². The van der Waals surface area contributed by atoms with Crippen molar-refractivity contribution in [2.45, 2.75) is 24.2 Å². The van der Waals surface area contributed by atoms with Gasteiger partial charge in [0.15, 0.2) is 0 Å². The van der Waals surface area contributed by atoms with Gasteiger partial charge in [0.05, 0.1) is 18.1 Å². The quantitative estimate of drug-likeness (QED) is 0.826. The predicted molar refractivity (Wildman–Crippen MR) is 80.5 cm³/mol. The van der Waals surface area contributed by atoms with Crippen LogP contribution in [0.4, 0.5) is 0 Å². The van der Waals surface area contributed by atoms with Crippen molar-refractivity contribution in [3.05, 3.63) is 45.4 Å². The third-order valence-electron chi connectivity index (χ3n) is 2.60. The Kier molecular flexibility index (Phi) is 5.17. The summed E-state index contributed by atoms with van der Waals surface area (Å²) in [5.74, 6) is -0.279. The van der Waals surface area contributed by atoms with Crippen LogP contribution in [-0.2, 0) is 17.1 Å². The molecule has 0 aliphatic carbocycles. The molecule has 20 heavy (non-hydrogen) atoms. The van der Waals surface area contributed by atoms with Crippen LogP contribution in [0.5, 0.6) is 0 Å². The minimum atomic E-state index is -0.943. The van der Waals surface area contributed by atoms with Gasteiger partial charge in [0.1, 0.15) is 9.88 Å². The van der Waals surface area contributed by atoms with Crippen molar-refractivity contribution in [2.24, 2.45) is 0 Å². The Morgan fingerprint density at radius 2 is 2.10 bits per heavy atom. The fourth-order valence-electron chi connectivity index (χ4n) is 1.64. The maximum absolute atomic E-state index is 11.1. The summed E-state index contributed by atoms with van der Waals surface area (Å²) in [5.41, 5.74) is 1.73. The van der Waals surface area contributed by atoms with Gasteiger partial charge in [-0.15, -0.1) is 23.1 Å². The number of hydrogen-bond donors (Lipinski definition) is 1. The van der Waals surface area contributed by atoms with Crippen molar-refractivity contribution < 1.29 is 14.6 Å². The van der Waals surface area contributed by atoms with E-state index >= 15 is 0 Å². The second kappa shape index (κ2) is 6.88. The minimum absolute atomic E-state index is 0.229. The van der Waals surface area contributed by atoms with Crippen LogP contribution in [0, 0.1) is 6.92 Å². The first-order valence-electron chi connectivity index (χ1n) is 6.00. The number of ether oxygens (including phenoxy) is 1. The zero-order chi connectivity index (χ0) is 14.5. The number of carbonyl (C=O) groups is 1. The van der Waals surface area contributed by atoms with E-state index in [1.807, 2.05) is 6.92 Å². The van der Waals surface area contributed by atoms with Crippen LogP contribution < -0.4 is 0 Å². The zero-order valence-electron chi connectivity index (χ0n) is 11.3. The molecule has 0 atom stereocenters. The highest BCUT2D eigenvalue weighted by Gasteiger charge is 2.17.